The Morgan fingerprint density at radius 1 is 0.333 bits per heavy atom. The van der Waals surface area contributed by atoms with Crippen LogP contribution in [0.3, 0.4) is 0 Å². The second kappa shape index (κ2) is 10.4. The number of hydrogen-bond donors (Lipinski definition) is 0. The first kappa shape index (κ1) is 35.2. The van der Waals surface area contributed by atoms with E-state index >= 15 is 0 Å². The first-order chi connectivity index (χ1) is 12.6. The minimum atomic E-state index is -3.16. The summed E-state index contributed by atoms with van der Waals surface area (Å²) in [4.78, 5) is 11.2. The van der Waals surface area contributed by atoms with Crippen LogP contribution < -0.4 is 0 Å². The van der Waals surface area contributed by atoms with E-state index in [4.69, 9.17) is 220 Å². The Kier molecular flexibility index (Phi) is 12.2. The summed E-state index contributed by atoms with van der Waals surface area (Å²) in [6.45, 7) is 0. The summed E-state index contributed by atoms with van der Waals surface area (Å²) in [5.41, 5.74) is 0. The summed E-state index contributed by atoms with van der Waals surface area (Å²) < 4.78 is -26.8. The van der Waals surface area contributed by atoms with Gasteiger partial charge in [-0.1, -0.05) is 220 Å². The molecule has 0 bridgehead atoms. The zero-order chi connectivity index (χ0) is 25.2. The third-order valence-corrected chi connectivity index (χ3v) is 16.1. The van der Waals surface area contributed by atoms with E-state index in [0.717, 1.165) is 0 Å². The summed E-state index contributed by atoms with van der Waals surface area (Å²) in [5, 5.41) is 0. The van der Waals surface area contributed by atoms with Crippen LogP contribution in [-0.4, -0.2) is 44.7 Å². The molecule has 0 fully saturated rings. The van der Waals surface area contributed by atoms with Crippen molar-refractivity contribution in [2.45, 2.75) is 38.5 Å². The Bertz CT molecular complexity index is 655. The van der Waals surface area contributed by atoms with Crippen molar-refractivity contribution in [3.63, 3.8) is 0 Å². The number of aldehydes is 1. The molecule has 0 spiro atoms. The molecule has 0 aromatic heterocycles. The number of hydrogen-bond acceptors (Lipinski definition) is 1. The molecule has 1 nitrogen and oxygen atoms in total. The molecule has 0 saturated carbocycles. The Morgan fingerprint density at radius 3 is 0.733 bits per heavy atom. The van der Waals surface area contributed by atoms with Crippen LogP contribution in [0.1, 0.15) is 0 Å². The molecule has 0 aromatic rings. The highest BCUT2D eigenvalue weighted by atomic mass is 35.6. The van der Waals surface area contributed by atoms with E-state index in [9.17, 15) is 4.79 Å². The van der Waals surface area contributed by atoms with Gasteiger partial charge in [0.1, 0.15) is 0 Å². The fraction of sp³-hybridized carbons (Fsp3) is 0.900. The third kappa shape index (κ3) is 5.34. The average molecular weight is 811 g/mol. The number of carbonyl (C=O) groups is 1. The molecular weight excluding hydrogens is 810 g/mol. The fourth-order valence-corrected chi connectivity index (χ4v) is 7.11. The van der Waals surface area contributed by atoms with Crippen molar-refractivity contribution in [1.82, 2.24) is 0 Å². The molecule has 30 heavy (non-hydrogen) atoms. The third-order valence-electron chi connectivity index (χ3n) is 3.29. The van der Waals surface area contributed by atoms with Crippen LogP contribution in [0.5, 0.6) is 0 Å². The Balaban J connectivity index is 6.89. The van der Waals surface area contributed by atoms with Gasteiger partial charge in [-0.15, -0.1) is 0 Å². The summed E-state index contributed by atoms with van der Waals surface area (Å²) in [7, 11) is 0. The lowest BCUT2D eigenvalue weighted by molar-refractivity contribution is -0.108. The Morgan fingerprint density at radius 2 is 0.533 bits per heavy atom. The van der Waals surface area contributed by atoms with Crippen LogP contribution in [0.2, 0.25) is 0 Å². The highest BCUT2D eigenvalue weighted by Crippen LogP contribution is 2.73. The molecular formula is C10HCl19O. The van der Waals surface area contributed by atoms with Crippen LogP contribution in [-0.2, 0) is 4.79 Å². The number of rotatable bonds is 8. The van der Waals surface area contributed by atoms with Crippen LogP contribution in [0.15, 0.2) is 0 Å². The maximum Gasteiger partial charge on any atom is 0.226 e. The van der Waals surface area contributed by atoms with Gasteiger partial charge in [-0.2, -0.15) is 0 Å². The van der Waals surface area contributed by atoms with Gasteiger partial charge in [-0.25, -0.2) is 0 Å². The van der Waals surface area contributed by atoms with E-state index in [1.165, 1.54) is 0 Å². The Hall–Kier alpha value is 5.18. The molecule has 20 heteroatoms. The number of halogens is 19. The lowest BCUT2D eigenvalue weighted by Crippen LogP contribution is -2.71. The van der Waals surface area contributed by atoms with Crippen molar-refractivity contribution in [2.75, 3.05) is 0 Å². The van der Waals surface area contributed by atoms with E-state index < -0.39 is 38.5 Å². The molecule has 0 aliphatic rings. The normalized spacial score (nSPS) is 16.6. The monoisotopic (exact) mass is 801 g/mol. The molecule has 0 aromatic carbocycles. The van der Waals surface area contributed by atoms with E-state index in [-0.39, 0.29) is 6.29 Å². The van der Waals surface area contributed by atoms with Gasteiger partial charge in [0.05, 0.1) is 0 Å². The molecule has 180 valence electrons. The number of alkyl halides is 19. The smallest absolute Gasteiger partial charge is 0.226 e. The minimum absolute atomic E-state index is 0.156. The molecule has 0 atom stereocenters. The molecule has 0 saturated heterocycles. The molecule has 0 unspecified atom stereocenters. The lowest BCUT2D eigenvalue weighted by Gasteiger charge is -2.54. The lowest BCUT2D eigenvalue weighted by atomic mass is 10.0. The van der Waals surface area contributed by atoms with Crippen molar-refractivity contribution >= 4 is 227 Å². The molecule has 0 heterocycles. The van der Waals surface area contributed by atoms with Gasteiger partial charge in [0.25, 0.3) is 0 Å². The molecule has 0 aliphatic heterocycles. The van der Waals surface area contributed by atoms with Crippen molar-refractivity contribution in [3.05, 3.63) is 0 Å². The predicted molar refractivity (Wildman–Crippen MR) is 142 cm³/mol. The molecule has 0 aliphatic carbocycles. The molecule has 0 rings (SSSR count). The zero-order valence-corrected chi connectivity index (χ0v) is 27.0. The van der Waals surface area contributed by atoms with Crippen molar-refractivity contribution in [3.8, 4) is 0 Å². The first-order valence-corrected chi connectivity index (χ1v) is 13.3. The van der Waals surface area contributed by atoms with E-state index in [1.54, 1.807) is 0 Å². The summed E-state index contributed by atoms with van der Waals surface area (Å²) >= 11 is 114. The summed E-state index contributed by atoms with van der Waals surface area (Å²) in [6, 6.07) is 0. The molecule has 0 radical (unpaired) electrons. The largest absolute Gasteiger partial charge is 0.300 e. The van der Waals surface area contributed by atoms with Gasteiger partial charge in [0, 0.05) is 0 Å². The summed E-state index contributed by atoms with van der Waals surface area (Å²) in [5.74, 6) is 0. The van der Waals surface area contributed by atoms with Gasteiger partial charge < -0.3 is 0 Å². The second-order valence-corrected chi connectivity index (χ2v) is 18.2. The summed E-state index contributed by atoms with van der Waals surface area (Å²) in [6.07, 6.45) is -0.156. The second-order valence-electron chi connectivity index (χ2n) is 5.26. The van der Waals surface area contributed by atoms with Gasteiger partial charge >= 0.3 is 0 Å². The average Bonchev–Trinajstić information content (AvgIpc) is 2.52. The van der Waals surface area contributed by atoms with Gasteiger partial charge in [-0.3, -0.25) is 4.79 Å². The van der Waals surface area contributed by atoms with Crippen molar-refractivity contribution in [2.24, 2.45) is 0 Å². The van der Waals surface area contributed by atoms with E-state index in [0.29, 0.717) is 0 Å². The highest BCUT2D eigenvalue weighted by Gasteiger charge is 2.82. The SMILES string of the molecule is O=CC(Cl)(Cl)C(Cl)(Cl)C(Cl)(Cl)C(Cl)(Cl)C(Cl)(Cl)C(Cl)(Cl)C(Cl)(Cl)C(Cl)(Cl)C(Cl)(Cl)Cl. The molecule has 0 N–H and O–H groups in total. The van der Waals surface area contributed by atoms with Gasteiger partial charge in [0.2, 0.25) is 12.5 Å². The maximum absolute atomic E-state index is 11.2. The van der Waals surface area contributed by atoms with Crippen LogP contribution in [0.25, 0.3) is 0 Å². The quantitative estimate of drug-likeness (QED) is 0.176. The number of carbonyl (C=O) groups excluding carboxylic acids is 1. The van der Waals surface area contributed by atoms with Crippen LogP contribution >= 0.6 is 220 Å². The van der Waals surface area contributed by atoms with E-state index in [2.05, 4.69) is 0 Å². The van der Waals surface area contributed by atoms with Gasteiger partial charge in [-0.05, 0) is 0 Å². The first-order valence-electron chi connectivity index (χ1n) is 6.12. The Labute approximate surface area is 266 Å². The molecule has 0 amide bonds. The standard InChI is InChI=1S/C10HCl19O/c11-2(12,1-30)3(13,14)4(15,16)5(17,18)6(19,20)7(21,22)8(23,24)9(25,26)10(27,28)29/h1H. The van der Waals surface area contributed by atoms with E-state index in [1.807, 2.05) is 0 Å². The topological polar surface area (TPSA) is 17.1 Å². The fourth-order valence-electron chi connectivity index (χ4n) is 1.45. The van der Waals surface area contributed by atoms with Crippen molar-refractivity contribution in [1.29, 1.82) is 0 Å². The maximum atomic E-state index is 11.2. The minimum Gasteiger partial charge on any atom is -0.300 e. The van der Waals surface area contributed by atoms with Crippen LogP contribution in [0.4, 0.5) is 0 Å². The van der Waals surface area contributed by atoms with Gasteiger partial charge in [0.15, 0.2) is 32.3 Å². The van der Waals surface area contributed by atoms with Crippen molar-refractivity contribution < 1.29 is 4.79 Å². The highest BCUT2D eigenvalue weighted by molar-refractivity contribution is 6.83. The zero-order valence-electron chi connectivity index (χ0n) is 12.7. The van der Waals surface area contributed by atoms with Crippen LogP contribution in [0, 0.1) is 0 Å². The predicted octanol–water partition coefficient (Wildman–Crippen LogP) is 10.9.